The Morgan fingerprint density at radius 2 is 2.16 bits per heavy atom. The maximum Gasteiger partial charge on any atom is 0.307 e. The van der Waals surface area contributed by atoms with Crippen LogP contribution in [0.2, 0.25) is 0 Å². The molecule has 1 aliphatic rings. The first-order valence-corrected chi connectivity index (χ1v) is 6.33. The van der Waals surface area contributed by atoms with E-state index in [0.29, 0.717) is 19.6 Å². The monoisotopic (exact) mass is 262 g/mol. The molecule has 1 saturated heterocycles. The Balaban J connectivity index is 1.86. The molecule has 0 radical (unpaired) electrons. The first-order valence-electron chi connectivity index (χ1n) is 6.33. The van der Waals surface area contributed by atoms with Crippen molar-refractivity contribution in [3.63, 3.8) is 0 Å². The van der Waals surface area contributed by atoms with Gasteiger partial charge in [0, 0.05) is 6.54 Å². The Labute approximate surface area is 112 Å². The van der Waals surface area contributed by atoms with Crippen molar-refractivity contribution in [2.75, 3.05) is 20.3 Å². The third-order valence-electron chi connectivity index (χ3n) is 3.23. The number of carbonyl (C=O) groups excluding carboxylic acids is 2. The molecule has 102 valence electrons. The molecule has 1 aromatic carbocycles. The van der Waals surface area contributed by atoms with Crippen LogP contribution in [0.1, 0.15) is 12.0 Å². The predicted molar refractivity (Wildman–Crippen MR) is 70.3 cm³/mol. The maximum atomic E-state index is 12.1. The normalized spacial score (nSPS) is 18.7. The van der Waals surface area contributed by atoms with Crippen LogP contribution < -0.4 is 5.32 Å². The van der Waals surface area contributed by atoms with Crippen LogP contribution >= 0.6 is 0 Å². The molecule has 0 bridgehead atoms. The number of carbonyl (C=O) groups is 2. The van der Waals surface area contributed by atoms with Crippen molar-refractivity contribution in [3.8, 4) is 0 Å². The molecule has 19 heavy (non-hydrogen) atoms. The smallest absolute Gasteiger partial charge is 0.307 e. The van der Waals surface area contributed by atoms with E-state index in [1.807, 2.05) is 30.3 Å². The van der Waals surface area contributed by atoms with Crippen LogP contribution in [0.4, 0.5) is 0 Å². The maximum absolute atomic E-state index is 12.1. The average Bonchev–Trinajstić information content (AvgIpc) is 2.78. The Bertz CT molecular complexity index is 447. The lowest BCUT2D eigenvalue weighted by Gasteiger charge is -2.14. The molecule has 1 aromatic rings. The number of esters is 1. The van der Waals surface area contributed by atoms with Gasteiger partial charge in [-0.3, -0.25) is 14.9 Å². The van der Waals surface area contributed by atoms with E-state index in [1.54, 1.807) is 4.90 Å². The summed E-state index contributed by atoms with van der Waals surface area (Å²) in [6.45, 7) is 0.900. The zero-order chi connectivity index (χ0) is 13.7. The Kier molecular flexibility index (Phi) is 4.52. The van der Waals surface area contributed by atoms with E-state index >= 15 is 0 Å². The zero-order valence-electron chi connectivity index (χ0n) is 11.0. The molecule has 0 aliphatic carbocycles. The van der Waals surface area contributed by atoms with Gasteiger partial charge in [0.05, 0.1) is 26.2 Å². The summed E-state index contributed by atoms with van der Waals surface area (Å²) in [6.07, 6.45) is 0.913. The van der Waals surface area contributed by atoms with Gasteiger partial charge in [-0.15, -0.1) is 0 Å². The van der Waals surface area contributed by atoms with Gasteiger partial charge in [-0.25, -0.2) is 0 Å². The summed E-state index contributed by atoms with van der Waals surface area (Å²) in [4.78, 5) is 24.8. The molecular formula is C14H18N2O3. The number of nitrogens with one attached hydrogen (secondary N) is 1. The molecule has 0 spiro atoms. The number of benzene rings is 1. The molecule has 1 fully saturated rings. The lowest BCUT2D eigenvalue weighted by atomic mass is 10.1. The van der Waals surface area contributed by atoms with Crippen molar-refractivity contribution in [1.29, 1.82) is 0 Å². The van der Waals surface area contributed by atoms with Gasteiger partial charge < -0.3 is 9.64 Å². The lowest BCUT2D eigenvalue weighted by Crippen LogP contribution is -2.33. The second kappa shape index (κ2) is 6.33. The van der Waals surface area contributed by atoms with E-state index in [9.17, 15) is 9.59 Å². The fourth-order valence-electron chi connectivity index (χ4n) is 2.13. The van der Waals surface area contributed by atoms with Gasteiger partial charge in [0.2, 0.25) is 5.91 Å². The van der Waals surface area contributed by atoms with Gasteiger partial charge in [-0.05, 0) is 12.0 Å². The van der Waals surface area contributed by atoms with E-state index in [1.165, 1.54) is 7.11 Å². The standard InChI is InChI=1S/C14H18N2O3/c1-19-13(17)7-8-16-10-15-12(14(16)18)9-11-5-3-2-4-6-11/h2-6,12,15H,7-10H2,1H3. The third kappa shape index (κ3) is 3.54. The number of hydrogen-bond acceptors (Lipinski definition) is 4. The second-order valence-corrected chi connectivity index (χ2v) is 4.53. The highest BCUT2D eigenvalue weighted by atomic mass is 16.5. The number of methoxy groups -OCH3 is 1. The van der Waals surface area contributed by atoms with E-state index in [2.05, 4.69) is 10.1 Å². The van der Waals surface area contributed by atoms with Crippen LogP contribution in [0.3, 0.4) is 0 Å². The largest absolute Gasteiger partial charge is 0.469 e. The number of ether oxygens (including phenoxy) is 1. The number of rotatable bonds is 5. The Morgan fingerprint density at radius 3 is 2.84 bits per heavy atom. The summed E-state index contributed by atoms with van der Waals surface area (Å²) in [6, 6.07) is 9.70. The molecule has 1 N–H and O–H groups in total. The zero-order valence-corrected chi connectivity index (χ0v) is 11.0. The van der Waals surface area contributed by atoms with Crippen LogP contribution in [0.15, 0.2) is 30.3 Å². The number of amides is 1. The van der Waals surface area contributed by atoms with Crippen LogP contribution in [-0.4, -0.2) is 43.1 Å². The van der Waals surface area contributed by atoms with E-state index in [-0.39, 0.29) is 24.3 Å². The average molecular weight is 262 g/mol. The number of nitrogens with zero attached hydrogens (tertiary/aromatic N) is 1. The molecule has 1 atom stereocenters. The van der Waals surface area contributed by atoms with Gasteiger partial charge in [0.25, 0.3) is 0 Å². The van der Waals surface area contributed by atoms with Gasteiger partial charge in [-0.2, -0.15) is 0 Å². The molecule has 1 unspecified atom stereocenters. The number of hydrogen-bond donors (Lipinski definition) is 1. The first kappa shape index (κ1) is 13.5. The fraction of sp³-hybridized carbons (Fsp3) is 0.429. The quantitative estimate of drug-likeness (QED) is 0.787. The van der Waals surface area contributed by atoms with Gasteiger partial charge in [0.1, 0.15) is 0 Å². The molecule has 1 heterocycles. The van der Waals surface area contributed by atoms with Gasteiger partial charge >= 0.3 is 5.97 Å². The van der Waals surface area contributed by atoms with Crippen LogP contribution in [0, 0.1) is 0 Å². The molecule has 1 aliphatic heterocycles. The van der Waals surface area contributed by atoms with Crippen molar-refractivity contribution in [2.45, 2.75) is 18.9 Å². The van der Waals surface area contributed by atoms with Crippen LogP contribution in [0.25, 0.3) is 0 Å². The van der Waals surface area contributed by atoms with E-state index < -0.39 is 0 Å². The Hall–Kier alpha value is -1.88. The third-order valence-corrected chi connectivity index (χ3v) is 3.23. The molecule has 1 amide bonds. The molecular weight excluding hydrogens is 244 g/mol. The second-order valence-electron chi connectivity index (χ2n) is 4.53. The summed E-state index contributed by atoms with van der Waals surface area (Å²) in [5.74, 6) is -0.243. The van der Waals surface area contributed by atoms with Crippen molar-refractivity contribution >= 4 is 11.9 Å². The summed E-state index contributed by atoms with van der Waals surface area (Å²) >= 11 is 0. The minimum atomic E-state index is -0.292. The van der Waals surface area contributed by atoms with Crippen LogP contribution in [-0.2, 0) is 20.7 Å². The SMILES string of the molecule is COC(=O)CCN1CNC(Cc2ccccc2)C1=O. The Morgan fingerprint density at radius 1 is 1.42 bits per heavy atom. The summed E-state index contributed by atoms with van der Waals surface area (Å²) in [7, 11) is 1.35. The fourth-order valence-corrected chi connectivity index (χ4v) is 2.13. The molecule has 0 saturated carbocycles. The van der Waals surface area contributed by atoms with Gasteiger partial charge in [0.15, 0.2) is 0 Å². The highest BCUT2D eigenvalue weighted by Crippen LogP contribution is 2.10. The lowest BCUT2D eigenvalue weighted by molar-refractivity contribution is -0.141. The van der Waals surface area contributed by atoms with Crippen LogP contribution in [0.5, 0.6) is 0 Å². The summed E-state index contributed by atoms with van der Waals surface area (Å²) in [5.41, 5.74) is 1.13. The first-order chi connectivity index (χ1) is 9.20. The van der Waals surface area contributed by atoms with Gasteiger partial charge in [-0.1, -0.05) is 30.3 Å². The van der Waals surface area contributed by atoms with Crippen molar-refractivity contribution in [3.05, 3.63) is 35.9 Å². The summed E-state index contributed by atoms with van der Waals surface area (Å²) < 4.78 is 4.57. The molecule has 2 rings (SSSR count). The van der Waals surface area contributed by atoms with Crippen molar-refractivity contribution in [2.24, 2.45) is 0 Å². The van der Waals surface area contributed by atoms with Crippen molar-refractivity contribution in [1.82, 2.24) is 10.2 Å². The highest BCUT2D eigenvalue weighted by molar-refractivity contribution is 5.84. The highest BCUT2D eigenvalue weighted by Gasteiger charge is 2.30. The minimum absolute atomic E-state index is 0.0488. The van der Waals surface area contributed by atoms with E-state index in [0.717, 1.165) is 5.56 Å². The molecule has 5 nitrogen and oxygen atoms in total. The molecule has 0 aromatic heterocycles. The topological polar surface area (TPSA) is 58.6 Å². The predicted octanol–water partition coefficient (Wildman–Crippen LogP) is 0.550. The van der Waals surface area contributed by atoms with E-state index in [4.69, 9.17) is 0 Å². The van der Waals surface area contributed by atoms with Crippen molar-refractivity contribution < 1.29 is 14.3 Å². The minimum Gasteiger partial charge on any atom is -0.469 e. The summed E-state index contributed by atoms with van der Waals surface area (Å²) in [5, 5.41) is 3.17. The molecule has 5 heteroatoms.